The number of hydrogen-bond donors (Lipinski definition) is 2. The van der Waals surface area contributed by atoms with Gasteiger partial charge in [-0.05, 0) is 56.0 Å². The number of nitrogens with two attached hydrogens (primary N) is 2. The van der Waals surface area contributed by atoms with E-state index in [1.807, 2.05) is 0 Å². The van der Waals surface area contributed by atoms with E-state index in [1.165, 1.54) is 19.3 Å². The highest BCUT2D eigenvalue weighted by Crippen LogP contribution is 2.50. The maximum atomic E-state index is 5.68. The van der Waals surface area contributed by atoms with Crippen LogP contribution in [-0.2, 0) is 0 Å². The summed E-state index contributed by atoms with van der Waals surface area (Å²) in [6, 6.07) is 0. The highest BCUT2D eigenvalue weighted by molar-refractivity contribution is 5.85. The number of halogens is 1. The topological polar surface area (TPSA) is 52.0 Å². The maximum Gasteiger partial charge on any atom is -0.00461 e. The van der Waals surface area contributed by atoms with Crippen LogP contribution in [0.25, 0.3) is 0 Å². The molecule has 4 atom stereocenters. The SMILES string of the molecule is Cl.NCC1CC2CC1CC2CN. The van der Waals surface area contributed by atoms with Gasteiger partial charge in [0.2, 0.25) is 0 Å². The van der Waals surface area contributed by atoms with Crippen LogP contribution in [0.4, 0.5) is 0 Å². The molecule has 0 aromatic carbocycles. The summed E-state index contributed by atoms with van der Waals surface area (Å²) in [7, 11) is 0. The minimum atomic E-state index is 0. The van der Waals surface area contributed by atoms with Gasteiger partial charge < -0.3 is 11.5 Å². The maximum absolute atomic E-state index is 5.68. The van der Waals surface area contributed by atoms with Crippen molar-refractivity contribution in [2.45, 2.75) is 19.3 Å². The Bertz CT molecular complexity index is 135. The number of rotatable bonds is 2. The minimum absolute atomic E-state index is 0. The minimum Gasteiger partial charge on any atom is -0.330 e. The van der Waals surface area contributed by atoms with E-state index in [1.54, 1.807) is 0 Å². The molecular weight excluding hydrogens is 172 g/mol. The average molecular weight is 191 g/mol. The summed E-state index contributed by atoms with van der Waals surface area (Å²) in [5, 5.41) is 0. The van der Waals surface area contributed by atoms with E-state index in [-0.39, 0.29) is 12.4 Å². The lowest BCUT2D eigenvalue weighted by atomic mass is 9.82. The van der Waals surface area contributed by atoms with Crippen LogP contribution in [0.15, 0.2) is 0 Å². The quantitative estimate of drug-likeness (QED) is 0.683. The molecule has 2 fully saturated rings. The van der Waals surface area contributed by atoms with Gasteiger partial charge in [-0.3, -0.25) is 0 Å². The highest BCUT2D eigenvalue weighted by Gasteiger charge is 2.44. The van der Waals surface area contributed by atoms with E-state index in [4.69, 9.17) is 11.5 Å². The van der Waals surface area contributed by atoms with E-state index >= 15 is 0 Å². The molecule has 0 heterocycles. The van der Waals surface area contributed by atoms with Gasteiger partial charge in [0.15, 0.2) is 0 Å². The molecule has 4 unspecified atom stereocenters. The lowest BCUT2D eigenvalue weighted by Crippen LogP contribution is -2.27. The monoisotopic (exact) mass is 190 g/mol. The van der Waals surface area contributed by atoms with Crippen molar-refractivity contribution in [3.05, 3.63) is 0 Å². The first-order valence-corrected chi connectivity index (χ1v) is 4.75. The van der Waals surface area contributed by atoms with Gasteiger partial charge in [0.05, 0.1) is 0 Å². The molecule has 72 valence electrons. The van der Waals surface area contributed by atoms with Crippen molar-refractivity contribution < 1.29 is 0 Å². The molecule has 2 saturated carbocycles. The molecular formula is C9H19ClN2. The lowest BCUT2D eigenvalue weighted by Gasteiger charge is -2.25. The van der Waals surface area contributed by atoms with Crippen LogP contribution in [-0.4, -0.2) is 13.1 Å². The molecule has 3 heteroatoms. The average Bonchev–Trinajstić information content (AvgIpc) is 2.60. The first-order valence-electron chi connectivity index (χ1n) is 4.75. The van der Waals surface area contributed by atoms with Crippen molar-refractivity contribution in [3.8, 4) is 0 Å². The summed E-state index contributed by atoms with van der Waals surface area (Å²) in [4.78, 5) is 0. The molecule has 2 aliphatic carbocycles. The van der Waals surface area contributed by atoms with E-state index < -0.39 is 0 Å². The summed E-state index contributed by atoms with van der Waals surface area (Å²) >= 11 is 0. The second-order valence-electron chi connectivity index (χ2n) is 4.22. The molecule has 12 heavy (non-hydrogen) atoms. The van der Waals surface area contributed by atoms with Crippen molar-refractivity contribution >= 4 is 12.4 Å². The molecule has 4 N–H and O–H groups in total. The molecule has 2 nitrogen and oxygen atoms in total. The van der Waals surface area contributed by atoms with Gasteiger partial charge >= 0.3 is 0 Å². The van der Waals surface area contributed by atoms with Gasteiger partial charge in [0.1, 0.15) is 0 Å². The second kappa shape index (κ2) is 3.95. The summed E-state index contributed by atoms with van der Waals surface area (Å²) in [5.74, 6) is 3.53. The molecule has 2 aliphatic rings. The zero-order valence-electron chi connectivity index (χ0n) is 7.41. The summed E-state index contributed by atoms with van der Waals surface area (Å²) in [5.41, 5.74) is 11.4. The van der Waals surface area contributed by atoms with Crippen LogP contribution in [0.2, 0.25) is 0 Å². The van der Waals surface area contributed by atoms with Crippen LogP contribution >= 0.6 is 12.4 Å². The summed E-state index contributed by atoms with van der Waals surface area (Å²) in [6.07, 6.45) is 4.15. The number of fused-ring (bicyclic) bond motifs is 2. The van der Waals surface area contributed by atoms with Crippen LogP contribution in [0.1, 0.15) is 19.3 Å². The van der Waals surface area contributed by atoms with Crippen LogP contribution < -0.4 is 11.5 Å². The Morgan fingerprint density at radius 3 is 1.50 bits per heavy atom. The van der Waals surface area contributed by atoms with Gasteiger partial charge in [-0.2, -0.15) is 0 Å². The third-order valence-electron chi connectivity index (χ3n) is 3.76. The Kier molecular flexibility index (Phi) is 3.38. The highest BCUT2D eigenvalue weighted by atomic mass is 35.5. The fourth-order valence-corrected chi connectivity index (χ4v) is 3.09. The third kappa shape index (κ3) is 1.48. The zero-order valence-corrected chi connectivity index (χ0v) is 8.22. The number of hydrogen-bond acceptors (Lipinski definition) is 2. The summed E-state index contributed by atoms with van der Waals surface area (Å²) in [6.45, 7) is 1.80. The first-order chi connectivity index (χ1) is 5.35. The lowest BCUT2D eigenvalue weighted by molar-refractivity contribution is 0.267. The Morgan fingerprint density at radius 1 is 0.833 bits per heavy atom. The van der Waals surface area contributed by atoms with Crippen molar-refractivity contribution in [1.29, 1.82) is 0 Å². The van der Waals surface area contributed by atoms with E-state index in [2.05, 4.69) is 0 Å². The van der Waals surface area contributed by atoms with E-state index in [9.17, 15) is 0 Å². The molecule has 0 radical (unpaired) electrons. The molecule has 2 rings (SSSR count). The van der Waals surface area contributed by atoms with Gasteiger partial charge in [-0.25, -0.2) is 0 Å². The van der Waals surface area contributed by atoms with Gasteiger partial charge in [0, 0.05) is 0 Å². The molecule has 0 amide bonds. The Labute approximate surface area is 80.5 Å². The largest absolute Gasteiger partial charge is 0.330 e. The van der Waals surface area contributed by atoms with Crippen LogP contribution in [0.3, 0.4) is 0 Å². The fourth-order valence-electron chi connectivity index (χ4n) is 3.09. The standard InChI is InChI=1S/C9H18N2.ClH/c10-4-8-2-6-1-7(8)3-9(6)5-11;/h6-9H,1-5,10-11H2;1H. The molecule has 0 spiro atoms. The van der Waals surface area contributed by atoms with Crippen LogP contribution in [0, 0.1) is 23.7 Å². The molecule has 0 aliphatic heterocycles. The van der Waals surface area contributed by atoms with Gasteiger partial charge in [-0.1, -0.05) is 0 Å². The Balaban J connectivity index is 0.000000720. The molecule has 0 aromatic heterocycles. The van der Waals surface area contributed by atoms with Crippen LogP contribution in [0.5, 0.6) is 0 Å². The van der Waals surface area contributed by atoms with Crippen molar-refractivity contribution in [3.63, 3.8) is 0 Å². The predicted molar refractivity (Wildman–Crippen MR) is 53.2 cm³/mol. The fraction of sp³-hybridized carbons (Fsp3) is 1.00. The summed E-state index contributed by atoms with van der Waals surface area (Å²) < 4.78 is 0. The third-order valence-corrected chi connectivity index (χ3v) is 3.76. The van der Waals surface area contributed by atoms with Crippen molar-refractivity contribution in [2.24, 2.45) is 35.1 Å². The second-order valence-corrected chi connectivity index (χ2v) is 4.22. The predicted octanol–water partition coefficient (Wildman–Crippen LogP) is 0.988. The molecule has 2 bridgehead atoms. The normalized spacial score (nSPS) is 44.5. The van der Waals surface area contributed by atoms with Crippen molar-refractivity contribution in [2.75, 3.05) is 13.1 Å². The first kappa shape index (κ1) is 10.3. The zero-order chi connectivity index (χ0) is 7.84. The Hall–Kier alpha value is 0.210. The molecule has 0 aromatic rings. The van der Waals surface area contributed by atoms with E-state index in [0.717, 1.165) is 36.8 Å². The molecule has 0 saturated heterocycles. The smallest absolute Gasteiger partial charge is 0.00461 e. The van der Waals surface area contributed by atoms with Gasteiger partial charge in [0.25, 0.3) is 0 Å². The van der Waals surface area contributed by atoms with Gasteiger partial charge in [-0.15, -0.1) is 12.4 Å². The van der Waals surface area contributed by atoms with Crippen molar-refractivity contribution in [1.82, 2.24) is 0 Å². The van der Waals surface area contributed by atoms with E-state index in [0.29, 0.717) is 0 Å². The Morgan fingerprint density at radius 2 is 1.25 bits per heavy atom.